The topological polar surface area (TPSA) is 90.9 Å². The lowest BCUT2D eigenvalue weighted by Crippen LogP contribution is -2.14. The number of hydrogen-bond donors (Lipinski definition) is 2. The van der Waals surface area contributed by atoms with Gasteiger partial charge in [0.15, 0.2) is 11.5 Å². The molecular weight excluding hydrogens is 338 g/mol. The molecule has 0 aliphatic heterocycles. The highest BCUT2D eigenvalue weighted by Crippen LogP contribution is 2.40. The third kappa shape index (κ3) is 4.76. The lowest BCUT2D eigenvalue weighted by atomic mass is 10.2. The molecule has 0 fully saturated rings. The van der Waals surface area contributed by atoms with E-state index in [1.807, 2.05) is 0 Å². The smallest absolute Gasteiger partial charge is 0.257 e. The van der Waals surface area contributed by atoms with Crippen molar-refractivity contribution in [3.05, 3.63) is 36.2 Å². The second-order valence-electron chi connectivity index (χ2n) is 5.25. The van der Waals surface area contributed by atoms with Gasteiger partial charge in [-0.3, -0.25) is 9.78 Å². The Kier molecular flexibility index (Phi) is 7.04. The van der Waals surface area contributed by atoms with Crippen molar-refractivity contribution in [2.45, 2.75) is 0 Å². The molecule has 2 rings (SSSR count). The molecule has 2 aromatic rings. The number of methoxy groups -OCH3 is 4. The van der Waals surface area contributed by atoms with Crippen molar-refractivity contribution in [3.63, 3.8) is 0 Å². The van der Waals surface area contributed by atoms with Crippen LogP contribution >= 0.6 is 0 Å². The van der Waals surface area contributed by atoms with Crippen LogP contribution in [-0.2, 0) is 4.74 Å². The predicted molar refractivity (Wildman–Crippen MR) is 98.7 cm³/mol. The van der Waals surface area contributed by atoms with Crippen LogP contribution in [0, 0.1) is 0 Å². The number of rotatable bonds is 9. The number of amides is 1. The van der Waals surface area contributed by atoms with Crippen LogP contribution in [0.2, 0.25) is 0 Å². The number of nitrogens with zero attached hydrogens (tertiary/aromatic N) is 1. The lowest BCUT2D eigenvalue weighted by Gasteiger charge is -2.14. The van der Waals surface area contributed by atoms with Crippen molar-refractivity contribution in [1.29, 1.82) is 0 Å². The summed E-state index contributed by atoms with van der Waals surface area (Å²) in [7, 11) is 6.18. The van der Waals surface area contributed by atoms with E-state index >= 15 is 0 Å². The fourth-order valence-electron chi connectivity index (χ4n) is 2.31. The molecule has 1 aromatic carbocycles. The molecule has 0 bridgehead atoms. The van der Waals surface area contributed by atoms with E-state index in [0.717, 1.165) is 5.69 Å². The van der Waals surface area contributed by atoms with Crippen molar-refractivity contribution in [2.24, 2.45) is 0 Å². The summed E-state index contributed by atoms with van der Waals surface area (Å²) in [5.41, 5.74) is 1.67. The van der Waals surface area contributed by atoms with Crippen LogP contribution < -0.4 is 24.8 Å². The zero-order valence-corrected chi connectivity index (χ0v) is 15.3. The van der Waals surface area contributed by atoms with Crippen molar-refractivity contribution in [1.82, 2.24) is 4.98 Å². The van der Waals surface area contributed by atoms with Gasteiger partial charge in [0, 0.05) is 43.9 Å². The van der Waals surface area contributed by atoms with Crippen LogP contribution in [0.4, 0.5) is 11.4 Å². The molecule has 1 aromatic heterocycles. The fourth-order valence-corrected chi connectivity index (χ4v) is 2.31. The molecule has 0 unspecified atom stereocenters. The zero-order valence-electron chi connectivity index (χ0n) is 15.3. The Morgan fingerprint density at radius 1 is 0.962 bits per heavy atom. The minimum atomic E-state index is -0.304. The maximum Gasteiger partial charge on any atom is 0.257 e. The second-order valence-corrected chi connectivity index (χ2v) is 5.25. The van der Waals surface area contributed by atoms with Crippen LogP contribution in [0.15, 0.2) is 30.6 Å². The Labute approximate surface area is 152 Å². The van der Waals surface area contributed by atoms with Gasteiger partial charge in [-0.15, -0.1) is 0 Å². The molecule has 8 heteroatoms. The van der Waals surface area contributed by atoms with E-state index in [-0.39, 0.29) is 5.91 Å². The molecule has 26 heavy (non-hydrogen) atoms. The van der Waals surface area contributed by atoms with E-state index in [2.05, 4.69) is 15.6 Å². The van der Waals surface area contributed by atoms with Crippen LogP contribution in [0.25, 0.3) is 0 Å². The summed E-state index contributed by atoms with van der Waals surface area (Å²) in [4.78, 5) is 16.6. The second kappa shape index (κ2) is 9.47. The minimum absolute atomic E-state index is 0.304. The summed E-state index contributed by atoms with van der Waals surface area (Å²) in [5.74, 6) is 1.06. The average Bonchev–Trinajstić information content (AvgIpc) is 2.67. The number of aromatic nitrogens is 1. The summed E-state index contributed by atoms with van der Waals surface area (Å²) >= 11 is 0. The van der Waals surface area contributed by atoms with E-state index in [0.29, 0.717) is 41.7 Å². The molecule has 0 saturated carbocycles. The monoisotopic (exact) mass is 361 g/mol. The number of nitrogens with one attached hydrogen (secondary N) is 2. The quantitative estimate of drug-likeness (QED) is 0.663. The maximum absolute atomic E-state index is 12.5. The van der Waals surface area contributed by atoms with Gasteiger partial charge in [-0.2, -0.15) is 0 Å². The highest BCUT2D eigenvalue weighted by atomic mass is 16.5. The van der Waals surface area contributed by atoms with Gasteiger partial charge in [-0.25, -0.2) is 0 Å². The SMILES string of the molecule is COCCNc1cncc(C(=O)Nc2cc(OC)c(OC)c(OC)c2)c1. The Bertz CT molecular complexity index is 726. The maximum atomic E-state index is 12.5. The largest absolute Gasteiger partial charge is 0.493 e. The summed E-state index contributed by atoms with van der Waals surface area (Å²) in [6, 6.07) is 5.04. The van der Waals surface area contributed by atoms with Crippen LogP contribution in [0.1, 0.15) is 10.4 Å². The predicted octanol–water partition coefficient (Wildman–Crippen LogP) is 2.42. The highest BCUT2D eigenvalue weighted by molar-refractivity contribution is 6.04. The first-order chi connectivity index (χ1) is 12.6. The standard InChI is InChI=1S/C18H23N3O5/c1-23-6-5-20-14-7-12(10-19-11-14)18(22)21-13-8-15(24-2)17(26-4)16(9-13)25-3/h7-11,20H,5-6H2,1-4H3,(H,21,22). The molecule has 8 nitrogen and oxygen atoms in total. The van der Waals surface area contributed by atoms with E-state index in [1.54, 1.807) is 31.5 Å². The molecule has 140 valence electrons. The molecule has 0 radical (unpaired) electrons. The zero-order chi connectivity index (χ0) is 18.9. The number of carbonyl (C=O) groups is 1. The number of hydrogen-bond acceptors (Lipinski definition) is 7. The first kappa shape index (κ1) is 19.3. The van der Waals surface area contributed by atoms with Gasteiger partial charge in [0.2, 0.25) is 5.75 Å². The highest BCUT2D eigenvalue weighted by Gasteiger charge is 2.15. The normalized spacial score (nSPS) is 10.2. The number of anilines is 2. The van der Waals surface area contributed by atoms with Crippen molar-refractivity contribution in [2.75, 3.05) is 52.2 Å². The van der Waals surface area contributed by atoms with Gasteiger partial charge in [-0.1, -0.05) is 0 Å². The van der Waals surface area contributed by atoms with Crippen molar-refractivity contribution >= 4 is 17.3 Å². The van der Waals surface area contributed by atoms with Crippen molar-refractivity contribution < 1.29 is 23.7 Å². The van der Waals surface area contributed by atoms with E-state index in [1.165, 1.54) is 27.5 Å². The number of ether oxygens (including phenoxy) is 4. The first-order valence-electron chi connectivity index (χ1n) is 7.92. The van der Waals surface area contributed by atoms with Crippen molar-refractivity contribution in [3.8, 4) is 17.2 Å². The Balaban J connectivity index is 2.18. The Morgan fingerprint density at radius 3 is 2.23 bits per heavy atom. The first-order valence-corrected chi connectivity index (χ1v) is 7.92. The van der Waals surface area contributed by atoms with Crippen LogP contribution in [-0.4, -0.2) is 52.5 Å². The molecule has 2 N–H and O–H groups in total. The third-order valence-electron chi connectivity index (χ3n) is 3.56. The Morgan fingerprint density at radius 2 is 1.65 bits per heavy atom. The molecule has 0 spiro atoms. The van der Waals surface area contributed by atoms with Gasteiger partial charge >= 0.3 is 0 Å². The Hall–Kier alpha value is -3.00. The summed E-state index contributed by atoms with van der Waals surface area (Å²) < 4.78 is 20.8. The lowest BCUT2D eigenvalue weighted by molar-refractivity contribution is 0.102. The van der Waals surface area contributed by atoms with Gasteiger partial charge in [0.05, 0.1) is 39.2 Å². The molecular formula is C18H23N3O5. The molecule has 0 atom stereocenters. The summed E-state index contributed by atoms with van der Waals surface area (Å²) in [6.45, 7) is 1.18. The minimum Gasteiger partial charge on any atom is -0.493 e. The summed E-state index contributed by atoms with van der Waals surface area (Å²) in [6.07, 6.45) is 3.14. The number of carbonyl (C=O) groups excluding carboxylic acids is 1. The molecule has 1 heterocycles. The molecule has 1 amide bonds. The third-order valence-corrected chi connectivity index (χ3v) is 3.56. The van der Waals surface area contributed by atoms with Gasteiger partial charge in [0.1, 0.15) is 0 Å². The van der Waals surface area contributed by atoms with Gasteiger partial charge < -0.3 is 29.6 Å². The number of pyridine rings is 1. The summed E-state index contributed by atoms with van der Waals surface area (Å²) in [5, 5.41) is 5.94. The van der Waals surface area contributed by atoms with E-state index < -0.39 is 0 Å². The van der Waals surface area contributed by atoms with Gasteiger partial charge in [0.25, 0.3) is 5.91 Å². The molecule has 0 saturated heterocycles. The van der Waals surface area contributed by atoms with Gasteiger partial charge in [-0.05, 0) is 6.07 Å². The van der Waals surface area contributed by atoms with Crippen LogP contribution in [0.3, 0.4) is 0 Å². The van der Waals surface area contributed by atoms with E-state index in [4.69, 9.17) is 18.9 Å². The number of benzene rings is 1. The average molecular weight is 361 g/mol. The van der Waals surface area contributed by atoms with Crippen LogP contribution in [0.5, 0.6) is 17.2 Å². The fraction of sp³-hybridized carbons (Fsp3) is 0.333. The molecule has 0 aliphatic carbocycles. The molecule has 0 aliphatic rings. The van der Waals surface area contributed by atoms with E-state index in [9.17, 15) is 4.79 Å².